The second kappa shape index (κ2) is 10.1. The molecule has 0 saturated carbocycles. The summed E-state index contributed by atoms with van der Waals surface area (Å²) in [5.74, 6) is 0. The number of benzene rings is 7. The zero-order valence-corrected chi connectivity index (χ0v) is 27.3. The van der Waals surface area contributed by atoms with E-state index in [1.807, 2.05) is 12.1 Å². The molecule has 9 aromatic rings. The number of nitrogens with zero attached hydrogens (tertiary/aromatic N) is 3. The van der Waals surface area contributed by atoms with Crippen LogP contribution in [0.2, 0.25) is 0 Å². The summed E-state index contributed by atoms with van der Waals surface area (Å²) in [6.45, 7) is 4.66. The lowest BCUT2D eigenvalue weighted by molar-refractivity contribution is 0.661. The van der Waals surface area contributed by atoms with Crippen molar-refractivity contribution in [2.24, 2.45) is 0 Å². The molecule has 0 N–H and O–H groups in total. The van der Waals surface area contributed by atoms with E-state index in [9.17, 15) is 5.26 Å². The topological polar surface area (TPSA) is 33.6 Å². The highest BCUT2D eigenvalue weighted by Crippen LogP contribution is 2.53. The van der Waals surface area contributed by atoms with Crippen molar-refractivity contribution >= 4 is 43.6 Å². The van der Waals surface area contributed by atoms with Crippen LogP contribution in [0.1, 0.15) is 30.5 Å². The van der Waals surface area contributed by atoms with E-state index in [0.717, 1.165) is 33.5 Å². The number of aromatic nitrogens is 2. The lowest BCUT2D eigenvalue weighted by Gasteiger charge is -2.21. The normalized spacial score (nSPS) is 13.2. The van der Waals surface area contributed by atoms with Gasteiger partial charge in [-0.2, -0.15) is 5.26 Å². The van der Waals surface area contributed by atoms with Crippen molar-refractivity contribution in [3.8, 4) is 39.7 Å². The standard InChI is InChI=1S/C46H31N3/c1-46(2)38-18-7-3-16-36(38)44-39(46)22-23-43-45(44)37-17-6-10-21-42(37)49(43)33-25-29(28-47)24-31(27-33)30-12-11-13-32(26-30)48-40-19-8-4-14-34(40)35-15-5-9-20-41(35)48/h3-27H,1-2H3. The summed E-state index contributed by atoms with van der Waals surface area (Å²) in [5.41, 5.74) is 14.7. The molecular formula is C46H31N3. The molecule has 230 valence electrons. The van der Waals surface area contributed by atoms with Crippen LogP contribution in [0.25, 0.3) is 77.2 Å². The highest BCUT2D eigenvalue weighted by Gasteiger charge is 2.37. The maximum atomic E-state index is 10.3. The summed E-state index contributed by atoms with van der Waals surface area (Å²) in [6, 6.07) is 56.8. The first-order valence-electron chi connectivity index (χ1n) is 16.8. The van der Waals surface area contributed by atoms with Crippen molar-refractivity contribution in [2.75, 3.05) is 0 Å². The highest BCUT2D eigenvalue weighted by molar-refractivity contribution is 6.18. The number of para-hydroxylation sites is 3. The minimum Gasteiger partial charge on any atom is -0.309 e. The molecular weight excluding hydrogens is 595 g/mol. The molecule has 0 bridgehead atoms. The predicted octanol–water partition coefficient (Wildman–Crippen LogP) is 11.7. The van der Waals surface area contributed by atoms with Gasteiger partial charge in [-0.25, -0.2) is 0 Å². The van der Waals surface area contributed by atoms with Gasteiger partial charge in [0.05, 0.1) is 33.7 Å². The molecule has 0 radical (unpaired) electrons. The summed E-state index contributed by atoms with van der Waals surface area (Å²) in [4.78, 5) is 0. The van der Waals surface area contributed by atoms with Crippen molar-refractivity contribution in [3.05, 3.63) is 168 Å². The third-order valence-electron chi connectivity index (χ3n) is 10.7. The smallest absolute Gasteiger partial charge is 0.0992 e. The Hall–Kier alpha value is -6.37. The Bertz CT molecular complexity index is 2820. The second-order valence-corrected chi connectivity index (χ2v) is 13.7. The first-order chi connectivity index (χ1) is 24.0. The molecule has 0 aliphatic heterocycles. The fourth-order valence-electron chi connectivity index (χ4n) is 8.53. The summed E-state index contributed by atoms with van der Waals surface area (Å²) in [6.07, 6.45) is 0. The molecule has 2 heterocycles. The van der Waals surface area contributed by atoms with Gasteiger partial charge in [-0.3, -0.25) is 0 Å². The van der Waals surface area contributed by atoms with Crippen LogP contribution < -0.4 is 0 Å². The molecule has 0 amide bonds. The summed E-state index contributed by atoms with van der Waals surface area (Å²) in [7, 11) is 0. The molecule has 0 saturated heterocycles. The van der Waals surface area contributed by atoms with Gasteiger partial charge in [0.1, 0.15) is 0 Å². The fourth-order valence-corrected chi connectivity index (χ4v) is 8.53. The van der Waals surface area contributed by atoms with Crippen LogP contribution in [0.15, 0.2) is 152 Å². The Morgan fingerprint density at radius 3 is 1.84 bits per heavy atom. The molecule has 7 aromatic carbocycles. The molecule has 0 spiro atoms. The first-order valence-corrected chi connectivity index (χ1v) is 16.8. The molecule has 1 aliphatic rings. The van der Waals surface area contributed by atoms with Gasteiger partial charge in [0.15, 0.2) is 0 Å². The average Bonchev–Trinajstić information content (AvgIpc) is 3.75. The molecule has 0 fully saturated rings. The molecule has 2 aromatic heterocycles. The van der Waals surface area contributed by atoms with Crippen molar-refractivity contribution in [2.45, 2.75) is 19.3 Å². The maximum absolute atomic E-state index is 10.3. The van der Waals surface area contributed by atoms with Crippen molar-refractivity contribution in [1.82, 2.24) is 9.13 Å². The zero-order chi connectivity index (χ0) is 32.9. The van der Waals surface area contributed by atoms with Crippen LogP contribution >= 0.6 is 0 Å². The van der Waals surface area contributed by atoms with Crippen LogP contribution in [0, 0.1) is 11.3 Å². The third kappa shape index (κ3) is 3.83. The van der Waals surface area contributed by atoms with E-state index in [-0.39, 0.29) is 5.41 Å². The van der Waals surface area contributed by atoms with E-state index < -0.39 is 0 Å². The molecule has 3 heteroatoms. The molecule has 49 heavy (non-hydrogen) atoms. The Kier molecular flexibility index (Phi) is 5.69. The van der Waals surface area contributed by atoms with Gasteiger partial charge in [-0.1, -0.05) is 111 Å². The van der Waals surface area contributed by atoms with Crippen LogP contribution in [0.3, 0.4) is 0 Å². The number of hydrogen-bond acceptors (Lipinski definition) is 1. The lowest BCUT2D eigenvalue weighted by Crippen LogP contribution is -2.14. The molecule has 0 atom stereocenters. The van der Waals surface area contributed by atoms with Gasteiger partial charge in [-0.05, 0) is 88.0 Å². The summed E-state index contributed by atoms with van der Waals surface area (Å²) < 4.78 is 4.69. The second-order valence-electron chi connectivity index (χ2n) is 13.7. The summed E-state index contributed by atoms with van der Waals surface area (Å²) >= 11 is 0. The Morgan fingerprint density at radius 1 is 0.490 bits per heavy atom. The van der Waals surface area contributed by atoms with Gasteiger partial charge >= 0.3 is 0 Å². The molecule has 0 unspecified atom stereocenters. The fraction of sp³-hybridized carbons (Fsp3) is 0.0652. The van der Waals surface area contributed by atoms with E-state index in [1.165, 1.54) is 54.8 Å². The van der Waals surface area contributed by atoms with Crippen molar-refractivity contribution < 1.29 is 0 Å². The van der Waals surface area contributed by atoms with E-state index in [4.69, 9.17) is 0 Å². The zero-order valence-electron chi connectivity index (χ0n) is 27.3. The first kappa shape index (κ1) is 27.7. The third-order valence-corrected chi connectivity index (χ3v) is 10.7. The van der Waals surface area contributed by atoms with Crippen LogP contribution in [0.4, 0.5) is 0 Å². The Morgan fingerprint density at radius 2 is 1.10 bits per heavy atom. The number of rotatable bonds is 3. The minimum atomic E-state index is -0.0847. The van der Waals surface area contributed by atoms with Crippen molar-refractivity contribution in [3.63, 3.8) is 0 Å². The lowest BCUT2D eigenvalue weighted by atomic mass is 9.82. The van der Waals surface area contributed by atoms with Crippen LogP contribution in [0.5, 0.6) is 0 Å². The largest absolute Gasteiger partial charge is 0.309 e. The molecule has 10 rings (SSSR count). The Labute approximate surface area is 284 Å². The van der Waals surface area contributed by atoms with E-state index in [2.05, 4.69) is 169 Å². The SMILES string of the molecule is CC1(C)c2ccccc2-c2c1ccc1c2c2ccccc2n1-c1cc(C#N)cc(-c2cccc(-n3c4ccccc4c4ccccc43)c2)c1. The predicted molar refractivity (Wildman–Crippen MR) is 203 cm³/mol. The van der Waals surface area contributed by atoms with Crippen molar-refractivity contribution in [1.29, 1.82) is 5.26 Å². The highest BCUT2D eigenvalue weighted by atomic mass is 15.0. The van der Waals surface area contributed by atoms with Gasteiger partial charge in [-0.15, -0.1) is 0 Å². The maximum Gasteiger partial charge on any atom is 0.0992 e. The van der Waals surface area contributed by atoms with E-state index in [0.29, 0.717) is 5.56 Å². The number of nitriles is 1. The number of fused-ring (bicyclic) bond motifs is 10. The van der Waals surface area contributed by atoms with E-state index >= 15 is 0 Å². The van der Waals surface area contributed by atoms with E-state index in [1.54, 1.807) is 0 Å². The monoisotopic (exact) mass is 625 g/mol. The van der Waals surface area contributed by atoms with Gasteiger partial charge in [0, 0.05) is 38.3 Å². The molecule has 1 aliphatic carbocycles. The minimum absolute atomic E-state index is 0.0847. The average molecular weight is 626 g/mol. The van der Waals surface area contributed by atoms with Gasteiger partial charge in [0.25, 0.3) is 0 Å². The van der Waals surface area contributed by atoms with Crippen LogP contribution in [-0.2, 0) is 5.41 Å². The quantitative estimate of drug-likeness (QED) is 0.192. The van der Waals surface area contributed by atoms with Crippen LogP contribution in [-0.4, -0.2) is 9.13 Å². The summed E-state index contributed by atoms with van der Waals surface area (Å²) in [5, 5.41) is 15.3. The van der Waals surface area contributed by atoms with Gasteiger partial charge in [0.2, 0.25) is 0 Å². The van der Waals surface area contributed by atoms with Gasteiger partial charge < -0.3 is 9.13 Å². The Balaban J connectivity index is 1.21. The number of hydrogen-bond donors (Lipinski definition) is 0. The molecule has 3 nitrogen and oxygen atoms in total.